The molecule has 0 amide bonds. The van der Waals surface area contributed by atoms with Gasteiger partial charge < -0.3 is 5.32 Å². The highest BCUT2D eigenvalue weighted by atomic mass is 19.1. The average Bonchev–Trinajstić information content (AvgIpc) is 3.16. The first-order valence-electron chi connectivity index (χ1n) is 6.67. The Bertz CT molecular complexity index is 719. The van der Waals surface area contributed by atoms with Gasteiger partial charge in [0, 0.05) is 18.4 Å². The number of rotatable bonds is 5. The molecule has 2 heterocycles. The Labute approximate surface area is 121 Å². The van der Waals surface area contributed by atoms with Crippen molar-refractivity contribution in [2.45, 2.75) is 20.0 Å². The zero-order chi connectivity index (χ0) is 14.7. The third kappa shape index (κ3) is 2.76. The smallest absolute Gasteiger partial charge is 0.150 e. The summed E-state index contributed by atoms with van der Waals surface area (Å²) < 4.78 is 17.4. The Morgan fingerprint density at radius 2 is 2.14 bits per heavy atom. The Kier molecular flexibility index (Phi) is 3.63. The lowest BCUT2D eigenvalue weighted by Crippen LogP contribution is -2.08. The van der Waals surface area contributed by atoms with E-state index in [1.54, 1.807) is 12.3 Å². The zero-order valence-corrected chi connectivity index (χ0v) is 11.6. The number of hydrogen-bond acceptors (Lipinski definition) is 4. The van der Waals surface area contributed by atoms with Crippen LogP contribution in [-0.4, -0.2) is 24.5 Å². The molecule has 0 bridgehead atoms. The summed E-state index contributed by atoms with van der Waals surface area (Å²) in [4.78, 5) is 3.81. The van der Waals surface area contributed by atoms with E-state index in [0.717, 1.165) is 12.2 Å². The second kappa shape index (κ2) is 5.74. The Balaban J connectivity index is 1.74. The molecule has 6 nitrogen and oxygen atoms in total. The molecule has 0 unspecified atom stereocenters. The van der Waals surface area contributed by atoms with Crippen LogP contribution in [0.15, 0.2) is 43.1 Å². The summed E-state index contributed by atoms with van der Waals surface area (Å²) in [5.74, 6) is -0.352. The number of aromatic nitrogens is 5. The van der Waals surface area contributed by atoms with Gasteiger partial charge in [0.25, 0.3) is 0 Å². The largest absolute Gasteiger partial charge is 0.379 e. The maximum absolute atomic E-state index is 14.1. The first-order chi connectivity index (χ1) is 10.3. The van der Waals surface area contributed by atoms with Crippen molar-refractivity contribution in [3.8, 4) is 5.69 Å². The third-order valence-electron chi connectivity index (χ3n) is 3.19. The molecule has 21 heavy (non-hydrogen) atoms. The molecule has 0 radical (unpaired) electrons. The third-order valence-corrected chi connectivity index (χ3v) is 3.19. The molecule has 0 saturated heterocycles. The van der Waals surface area contributed by atoms with E-state index in [2.05, 4.69) is 20.5 Å². The molecule has 108 valence electrons. The van der Waals surface area contributed by atoms with Crippen molar-refractivity contribution in [2.75, 3.05) is 5.32 Å². The summed E-state index contributed by atoms with van der Waals surface area (Å²) in [6.45, 7) is 3.43. The van der Waals surface area contributed by atoms with Gasteiger partial charge in [0.2, 0.25) is 0 Å². The van der Waals surface area contributed by atoms with Crippen LogP contribution in [-0.2, 0) is 13.1 Å². The molecule has 0 fully saturated rings. The minimum absolute atomic E-state index is 0.352. The first kappa shape index (κ1) is 13.3. The SMILES string of the molecule is CCn1nccc1CNc1ccc(-n2cncn2)c(F)c1. The van der Waals surface area contributed by atoms with Crippen molar-refractivity contribution in [1.82, 2.24) is 24.5 Å². The molecule has 0 atom stereocenters. The highest BCUT2D eigenvalue weighted by Crippen LogP contribution is 2.18. The molecule has 3 aromatic rings. The first-order valence-corrected chi connectivity index (χ1v) is 6.67. The van der Waals surface area contributed by atoms with Crippen LogP contribution >= 0.6 is 0 Å². The van der Waals surface area contributed by atoms with Crippen molar-refractivity contribution in [3.63, 3.8) is 0 Å². The fourth-order valence-corrected chi connectivity index (χ4v) is 2.12. The fraction of sp³-hybridized carbons (Fsp3) is 0.214. The molecule has 0 aliphatic carbocycles. The lowest BCUT2D eigenvalue weighted by atomic mass is 10.2. The normalized spacial score (nSPS) is 10.8. The van der Waals surface area contributed by atoms with Crippen LogP contribution in [0.1, 0.15) is 12.6 Å². The van der Waals surface area contributed by atoms with E-state index in [4.69, 9.17) is 0 Å². The topological polar surface area (TPSA) is 60.6 Å². The molecular weight excluding hydrogens is 271 g/mol. The van der Waals surface area contributed by atoms with Crippen LogP contribution in [0.25, 0.3) is 5.69 Å². The lowest BCUT2D eigenvalue weighted by Gasteiger charge is -2.09. The van der Waals surface area contributed by atoms with Gasteiger partial charge in [-0.1, -0.05) is 0 Å². The van der Waals surface area contributed by atoms with Gasteiger partial charge in [0.1, 0.15) is 18.3 Å². The van der Waals surface area contributed by atoms with Crippen LogP contribution in [0.5, 0.6) is 0 Å². The van der Waals surface area contributed by atoms with E-state index in [1.807, 2.05) is 23.7 Å². The molecule has 2 aromatic heterocycles. The highest BCUT2D eigenvalue weighted by molar-refractivity contribution is 5.49. The number of halogens is 1. The molecule has 0 aliphatic rings. The molecule has 0 spiro atoms. The predicted octanol–water partition coefficient (Wildman–Crippen LogP) is 2.23. The minimum atomic E-state index is -0.352. The molecule has 1 N–H and O–H groups in total. The fourth-order valence-electron chi connectivity index (χ4n) is 2.12. The van der Waals surface area contributed by atoms with Gasteiger partial charge in [-0.2, -0.15) is 10.2 Å². The van der Waals surface area contributed by atoms with Crippen LogP contribution < -0.4 is 5.32 Å². The van der Waals surface area contributed by atoms with E-state index < -0.39 is 0 Å². The number of nitrogens with zero attached hydrogens (tertiary/aromatic N) is 5. The van der Waals surface area contributed by atoms with Crippen molar-refractivity contribution in [1.29, 1.82) is 0 Å². The van der Waals surface area contributed by atoms with Gasteiger partial charge in [0.05, 0.1) is 12.2 Å². The van der Waals surface area contributed by atoms with Gasteiger partial charge in [0.15, 0.2) is 5.82 Å². The minimum Gasteiger partial charge on any atom is -0.379 e. The molecular formula is C14H15FN6. The summed E-state index contributed by atoms with van der Waals surface area (Å²) in [6, 6.07) is 6.87. The van der Waals surface area contributed by atoms with Gasteiger partial charge in [-0.25, -0.2) is 14.1 Å². The van der Waals surface area contributed by atoms with E-state index in [-0.39, 0.29) is 5.82 Å². The monoisotopic (exact) mass is 286 g/mol. The van der Waals surface area contributed by atoms with E-state index in [9.17, 15) is 4.39 Å². The van der Waals surface area contributed by atoms with Crippen LogP contribution in [0.4, 0.5) is 10.1 Å². The molecule has 7 heteroatoms. The van der Waals surface area contributed by atoms with Crippen LogP contribution in [0, 0.1) is 5.82 Å². The van der Waals surface area contributed by atoms with Crippen molar-refractivity contribution < 1.29 is 4.39 Å². The second-order valence-electron chi connectivity index (χ2n) is 4.50. The van der Waals surface area contributed by atoms with Gasteiger partial charge >= 0.3 is 0 Å². The number of nitrogens with one attached hydrogen (secondary N) is 1. The summed E-state index contributed by atoms with van der Waals surface area (Å²) in [7, 11) is 0. The summed E-state index contributed by atoms with van der Waals surface area (Å²) in [6.07, 6.45) is 4.59. The highest BCUT2D eigenvalue weighted by Gasteiger charge is 2.07. The van der Waals surface area contributed by atoms with Crippen molar-refractivity contribution in [3.05, 3.63) is 54.6 Å². The standard InChI is InChI=1S/C14H15FN6/c1-2-20-12(5-6-18-20)8-17-11-3-4-14(13(15)7-11)21-10-16-9-19-21/h3-7,9-10,17H,2,8H2,1H3. The second-order valence-corrected chi connectivity index (χ2v) is 4.50. The van der Waals surface area contributed by atoms with Crippen molar-refractivity contribution in [2.24, 2.45) is 0 Å². The van der Waals surface area contributed by atoms with E-state index in [0.29, 0.717) is 17.9 Å². The zero-order valence-electron chi connectivity index (χ0n) is 11.6. The number of anilines is 1. The van der Waals surface area contributed by atoms with Crippen LogP contribution in [0.2, 0.25) is 0 Å². The average molecular weight is 286 g/mol. The van der Waals surface area contributed by atoms with Crippen molar-refractivity contribution >= 4 is 5.69 Å². The van der Waals surface area contributed by atoms with Gasteiger partial charge in [-0.15, -0.1) is 0 Å². The predicted molar refractivity (Wildman–Crippen MR) is 76.5 cm³/mol. The van der Waals surface area contributed by atoms with Crippen LogP contribution in [0.3, 0.4) is 0 Å². The lowest BCUT2D eigenvalue weighted by molar-refractivity contribution is 0.610. The molecule has 1 aromatic carbocycles. The van der Waals surface area contributed by atoms with Gasteiger partial charge in [-0.05, 0) is 31.2 Å². The Hall–Kier alpha value is -2.70. The number of benzene rings is 1. The summed E-state index contributed by atoms with van der Waals surface area (Å²) in [5, 5.41) is 11.3. The van der Waals surface area contributed by atoms with Gasteiger partial charge in [-0.3, -0.25) is 4.68 Å². The van der Waals surface area contributed by atoms with E-state index in [1.165, 1.54) is 23.4 Å². The summed E-state index contributed by atoms with van der Waals surface area (Å²) in [5.41, 5.74) is 2.13. The molecule has 0 saturated carbocycles. The number of hydrogen-bond donors (Lipinski definition) is 1. The quantitative estimate of drug-likeness (QED) is 0.781. The summed E-state index contributed by atoms with van der Waals surface area (Å²) >= 11 is 0. The molecule has 0 aliphatic heterocycles. The molecule has 3 rings (SSSR count). The number of aryl methyl sites for hydroxylation is 1. The maximum Gasteiger partial charge on any atom is 0.150 e. The Morgan fingerprint density at radius 3 is 2.86 bits per heavy atom. The Morgan fingerprint density at radius 1 is 1.24 bits per heavy atom. The maximum atomic E-state index is 14.1. The van der Waals surface area contributed by atoms with E-state index >= 15 is 0 Å².